The number of aromatic nitrogens is 7. The Hall–Kier alpha value is -3.91. The molecular weight excluding hydrogens is 615 g/mol. The van der Waals surface area contributed by atoms with Crippen molar-refractivity contribution in [3.05, 3.63) is 69.8 Å². The molecule has 1 unspecified atom stereocenters. The fourth-order valence-corrected chi connectivity index (χ4v) is 8.20. The van der Waals surface area contributed by atoms with E-state index in [0.29, 0.717) is 18.4 Å². The number of aryl methyl sites for hydroxylation is 2. The summed E-state index contributed by atoms with van der Waals surface area (Å²) in [5, 5.41) is 15.6. The van der Waals surface area contributed by atoms with Crippen LogP contribution in [0, 0.1) is 13.8 Å². The number of aromatic amines is 1. The molecule has 0 aromatic carbocycles. The van der Waals surface area contributed by atoms with E-state index in [-0.39, 0.29) is 0 Å². The van der Waals surface area contributed by atoms with Gasteiger partial charge in [-0.25, -0.2) is 9.67 Å². The van der Waals surface area contributed by atoms with Crippen molar-refractivity contribution < 1.29 is 0 Å². The van der Waals surface area contributed by atoms with Crippen molar-refractivity contribution in [3.63, 3.8) is 0 Å². The van der Waals surface area contributed by atoms with Crippen molar-refractivity contribution >= 4 is 55.4 Å². The third-order valence-corrected chi connectivity index (χ3v) is 10.7. The SMILES string of the molecule is CCCCC(CCN)c1cc(C=Nc2cn[nH]c2)c(N)s1.Cc1cn2cc(-n3cc4sc(C5CCNCC5)cc4n3)nc2c(C)n1. The van der Waals surface area contributed by atoms with Crippen molar-refractivity contribution in [2.45, 2.75) is 71.1 Å². The highest BCUT2D eigenvalue weighted by molar-refractivity contribution is 7.19. The summed E-state index contributed by atoms with van der Waals surface area (Å²) in [6.07, 6.45) is 18.4. The molecule has 1 saturated heterocycles. The number of nitrogen functional groups attached to an aromatic ring is 1. The number of fused-ring (bicyclic) bond motifs is 2. The number of anilines is 1. The molecule has 0 radical (unpaired) electrons. The molecule has 0 spiro atoms. The number of hydrogen-bond donors (Lipinski definition) is 4. The third-order valence-electron chi connectivity index (χ3n) is 8.37. The Morgan fingerprint density at radius 2 is 1.96 bits per heavy atom. The van der Waals surface area contributed by atoms with Crippen molar-refractivity contribution in [2.24, 2.45) is 10.7 Å². The predicted molar refractivity (Wildman–Crippen MR) is 190 cm³/mol. The first kappa shape index (κ1) is 32.0. The van der Waals surface area contributed by atoms with Crippen LogP contribution in [-0.4, -0.2) is 60.2 Å². The Kier molecular flexibility index (Phi) is 10.2. The van der Waals surface area contributed by atoms with Gasteiger partial charge in [-0.1, -0.05) is 19.8 Å². The molecule has 0 aliphatic carbocycles. The zero-order valence-corrected chi connectivity index (χ0v) is 28.4. The van der Waals surface area contributed by atoms with Crippen LogP contribution < -0.4 is 16.8 Å². The van der Waals surface area contributed by atoms with Crippen molar-refractivity contribution in [1.29, 1.82) is 0 Å². The fraction of sp³-hybridized carbons (Fsp3) is 0.424. The first-order chi connectivity index (χ1) is 22.4. The Balaban J connectivity index is 0.000000165. The van der Waals surface area contributed by atoms with E-state index in [1.54, 1.807) is 29.9 Å². The summed E-state index contributed by atoms with van der Waals surface area (Å²) in [5.74, 6) is 2.03. The quantitative estimate of drug-likeness (QED) is 0.121. The topological polar surface area (TPSA) is 153 Å². The van der Waals surface area contributed by atoms with E-state index in [1.807, 2.05) is 46.7 Å². The molecule has 1 aliphatic heterocycles. The monoisotopic (exact) mass is 657 g/mol. The molecule has 0 amide bonds. The highest BCUT2D eigenvalue weighted by Crippen LogP contribution is 2.36. The van der Waals surface area contributed by atoms with Gasteiger partial charge in [-0.2, -0.15) is 10.2 Å². The average Bonchev–Trinajstić information content (AvgIpc) is 3.87. The van der Waals surface area contributed by atoms with Gasteiger partial charge in [0.05, 0.1) is 39.7 Å². The predicted octanol–water partition coefficient (Wildman–Crippen LogP) is 6.64. The van der Waals surface area contributed by atoms with Gasteiger partial charge in [0.1, 0.15) is 11.2 Å². The van der Waals surface area contributed by atoms with Crippen LogP contribution in [0.1, 0.15) is 84.0 Å². The number of nitrogens with one attached hydrogen (secondary N) is 2. The van der Waals surface area contributed by atoms with Crippen LogP contribution in [0.15, 0.2) is 48.1 Å². The van der Waals surface area contributed by atoms with E-state index in [2.05, 4.69) is 50.7 Å². The summed E-state index contributed by atoms with van der Waals surface area (Å²) < 4.78 is 5.15. The summed E-state index contributed by atoms with van der Waals surface area (Å²) in [5.41, 5.74) is 17.5. The Morgan fingerprint density at radius 1 is 1.11 bits per heavy atom. The number of imidazole rings is 1. The van der Waals surface area contributed by atoms with E-state index in [1.165, 1.54) is 46.6 Å². The van der Waals surface area contributed by atoms with Gasteiger partial charge in [0.25, 0.3) is 0 Å². The van der Waals surface area contributed by atoms with E-state index in [0.717, 1.165) is 64.1 Å². The fourth-order valence-electron chi connectivity index (χ4n) is 5.95. The maximum atomic E-state index is 6.12. The lowest BCUT2D eigenvalue weighted by Crippen LogP contribution is -2.26. The van der Waals surface area contributed by atoms with E-state index in [4.69, 9.17) is 21.5 Å². The second-order valence-corrected chi connectivity index (χ2v) is 14.1. The van der Waals surface area contributed by atoms with Crippen LogP contribution in [0.25, 0.3) is 21.7 Å². The maximum absolute atomic E-state index is 6.12. The molecule has 242 valence electrons. The zero-order chi connectivity index (χ0) is 32.0. The summed E-state index contributed by atoms with van der Waals surface area (Å²) in [6, 6.07) is 4.42. The van der Waals surface area contributed by atoms with Gasteiger partial charge in [0, 0.05) is 33.9 Å². The molecule has 6 aromatic heterocycles. The van der Waals surface area contributed by atoms with Crippen LogP contribution in [-0.2, 0) is 0 Å². The first-order valence-electron chi connectivity index (χ1n) is 16.1. The van der Waals surface area contributed by atoms with Gasteiger partial charge in [-0.05, 0) is 83.1 Å². The van der Waals surface area contributed by atoms with Crippen molar-refractivity contribution in [2.75, 3.05) is 25.4 Å². The average molecular weight is 658 g/mol. The number of unbranched alkanes of at least 4 members (excludes halogenated alkanes) is 1. The van der Waals surface area contributed by atoms with E-state index >= 15 is 0 Å². The molecular formula is C33H43N11S2. The molecule has 7 heterocycles. The normalized spacial score (nSPS) is 14.8. The Labute approximate surface area is 277 Å². The molecule has 46 heavy (non-hydrogen) atoms. The van der Waals surface area contributed by atoms with Gasteiger partial charge in [0.15, 0.2) is 11.5 Å². The van der Waals surface area contributed by atoms with Gasteiger partial charge in [0.2, 0.25) is 0 Å². The zero-order valence-electron chi connectivity index (χ0n) is 26.7. The molecule has 0 bridgehead atoms. The van der Waals surface area contributed by atoms with E-state index < -0.39 is 0 Å². The summed E-state index contributed by atoms with van der Waals surface area (Å²) >= 11 is 3.53. The second kappa shape index (κ2) is 14.7. The second-order valence-electron chi connectivity index (χ2n) is 11.9. The van der Waals surface area contributed by atoms with Gasteiger partial charge in [-0.3, -0.25) is 15.1 Å². The van der Waals surface area contributed by atoms with Crippen LogP contribution in [0.3, 0.4) is 0 Å². The highest BCUT2D eigenvalue weighted by Gasteiger charge is 2.19. The summed E-state index contributed by atoms with van der Waals surface area (Å²) in [6.45, 7) is 9.16. The molecule has 1 fully saturated rings. The first-order valence-corrected chi connectivity index (χ1v) is 17.7. The van der Waals surface area contributed by atoms with Gasteiger partial charge < -0.3 is 21.2 Å². The third kappa shape index (κ3) is 7.38. The standard InChI is InChI=1S/C18H20N6S.C15H23N5S/c1-11-8-23-10-17(21-18(23)12(2)20-11)24-9-16-14(22-24)7-15(25-16)13-3-5-19-6-4-13;1-2-3-4-11(5-6-16)14-7-12(15(17)21-14)8-18-13-9-19-20-10-13/h7-10,13,19H,3-6H2,1-2H3;7-11H,2-6,16-17H2,1H3,(H,19,20). The highest BCUT2D eigenvalue weighted by atomic mass is 32.1. The molecule has 13 heteroatoms. The number of piperidine rings is 1. The van der Waals surface area contributed by atoms with Crippen LogP contribution in [0.2, 0.25) is 0 Å². The number of H-pyrrole nitrogens is 1. The minimum Gasteiger partial charge on any atom is -0.390 e. The Bertz CT molecular complexity index is 1860. The lowest BCUT2D eigenvalue weighted by Gasteiger charge is -2.21. The number of hydrogen-bond acceptors (Lipinski definition) is 10. The van der Waals surface area contributed by atoms with Crippen molar-refractivity contribution in [3.8, 4) is 5.82 Å². The molecule has 1 atom stereocenters. The molecule has 0 saturated carbocycles. The Morgan fingerprint density at radius 3 is 2.70 bits per heavy atom. The lowest BCUT2D eigenvalue weighted by atomic mass is 9.96. The van der Waals surface area contributed by atoms with E-state index in [9.17, 15) is 0 Å². The molecule has 6 aromatic rings. The molecule has 11 nitrogen and oxygen atoms in total. The van der Waals surface area contributed by atoms with Crippen LogP contribution >= 0.6 is 22.7 Å². The number of nitrogens with zero attached hydrogens (tertiary/aromatic N) is 7. The molecule has 6 N–H and O–H groups in total. The van der Waals surface area contributed by atoms with Gasteiger partial charge >= 0.3 is 0 Å². The molecule has 7 rings (SSSR count). The molecule has 1 aliphatic rings. The number of aliphatic imine (C=N–C) groups is 1. The number of rotatable bonds is 10. The van der Waals surface area contributed by atoms with Crippen molar-refractivity contribution in [1.82, 2.24) is 39.7 Å². The minimum absolute atomic E-state index is 0.512. The number of nitrogens with two attached hydrogens (primary N) is 2. The van der Waals surface area contributed by atoms with Gasteiger partial charge in [-0.15, -0.1) is 22.7 Å². The summed E-state index contributed by atoms with van der Waals surface area (Å²) in [4.78, 5) is 16.3. The maximum Gasteiger partial charge on any atom is 0.172 e. The smallest absolute Gasteiger partial charge is 0.172 e. The lowest BCUT2D eigenvalue weighted by molar-refractivity contribution is 0.465. The van der Waals surface area contributed by atoms with Crippen LogP contribution in [0.5, 0.6) is 0 Å². The van der Waals surface area contributed by atoms with Crippen LogP contribution in [0.4, 0.5) is 10.7 Å². The largest absolute Gasteiger partial charge is 0.390 e. The number of thiophene rings is 2. The summed E-state index contributed by atoms with van der Waals surface area (Å²) in [7, 11) is 0. The minimum atomic E-state index is 0.512.